The topological polar surface area (TPSA) is 26.5 Å². The van der Waals surface area contributed by atoms with E-state index in [9.17, 15) is 0 Å². The predicted molar refractivity (Wildman–Crippen MR) is 67.6 cm³/mol. The van der Waals surface area contributed by atoms with Gasteiger partial charge in [0.25, 0.3) is 0 Å². The fraction of sp³-hybridized carbons (Fsp3) is 0.500. The molecular weight excluding hydrogens is 212 g/mol. The maximum atomic E-state index is 5.38. The number of rotatable bonds is 1. The molecule has 2 aromatic heterocycles. The summed E-state index contributed by atoms with van der Waals surface area (Å²) in [6.45, 7) is 4.59. The zero-order valence-electron chi connectivity index (χ0n) is 10.6. The molecule has 0 amide bonds. The third kappa shape index (κ3) is 1.53. The van der Waals surface area contributed by atoms with E-state index in [0.29, 0.717) is 5.92 Å². The molecule has 0 spiro atoms. The van der Waals surface area contributed by atoms with E-state index < -0.39 is 0 Å². The van der Waals surface area contributed by atoms with Crippen LogP contribution in [0.4, 0.5) is 0 Å². The number of hydrogen-bond donors (Lipinski definition) is 0. The molecular formula is C14H18N2O. The van der Waals surface area contributed by atoms with Crippen LogP contribution in [0.15, 0.2) is 18.3 Å². The number of ether oxygens (including phenoxy) is 1. The van der Waals surface area contributed by atoms with Gasteiger partial charge in [0, 0.05) is 17.8 Å². The van der Waals surface area contributed by atoms with E-state index in [2.05, 4.69) is 24.4 Å². The number of imidazole rings is 1. The fourth-order valence-electron chi connectivity index (χ4n) is 2.99. The first kappa shape index (κ1) is 10.6. The lowest BCUT2D eigenvalue weighted by Crippen LogP contribution is -2.15. The lowest BCUT2D eigenvalue weighted by molar-refractivity contribution is 0.416. The SMILES string of the molecule is COc1cccn2c3c(nc12)C(C)CC(C)C3. The summed E-state index contributed by atoms with van der Waals surface area (Å²) in [4.78, 5) is 4.78. The standard InChI is InChI=1S/C14H18N2O/c1-9-7-10(2)13-11(8-9)16-6-4-5-12(17-3)14(16)15-13/h4-6,9-10H,7-8H2,1-3H3. The van der Waals surface area contributed by atoms with Gasteiger partial charge in [-0.1, -0.05) is 13.8 Å². The zero-order valence-corrected chi connectivity index (χ0v) is 10.6. The summed E-state index contributed by atoms with van der Waals surface area (Å²) in [5, 5.41) is 0. The Labute approximate surface area is 101 Å². The third-order valence-corrected chi connectivity index (χ3v) is 3.73. The van der Waals surface area contributed by atoms with Gasteiger partial charge < -0.3 is 9.14 Å². The van der Waals surface area contributed by atoms with E-state index in [1.807, 2.05) is 12.1 Å². The Morgan fingerprint density at radius 2 is 2.24 bits per heavy atom. The third-order valence-electron chi connectivity index (χ3n) is 3.73. The highest BCUT2D eigenvalue weighted by atomic mass is 16.5. The minimum atomic E-state index is 0.554. The van der Waals surface area contributed by atoms with Gasteiger partial charge in [0.15, 0.2) is 11.4 Å². The van der Waals surface area contributed by atoms with E-state index in [0.717, 1.165) is 23.7 Å². The molecule has 1 aliphatic carbocycles. The second-order valence-corrected chi connectivity index (χ2v) is 5.16. The molecule has 2 atom stereocenters. The van der Waals surface area contributed by atoms with Crippen molar-refractivity contribution in [3.8, 4) is 5.75 Å². The van der Waals surface area contributed by atoms with Gasteiger partial charge >= 0.3 is 0 Å². The van der Waals surface area contributed by atoms with Gasteiger partial charge in [0.2, 0.25) is 0 Å². The van der Waals surface area contributed by atoms with Crippen molar-refractivity contribution in [2.24, 2.45) is 5.92 Å². The normalized spacial score (nSPS) is 23.7. The quantitative estimate of drug-likeness (QED) is 0.752. The highest BCUT2D eigenvalue weighted by Crippen LogP contribution is 2.35. The van der Waals surface area contributed by atoms with E-state index in [4.69, 9.17) is 9.72 Å². The van der Waals surface area contributed by atoms with Gasteiger partial charge in [-0.3, -0.25) is 0 Å². The molecule has 3 rings (SSSR count). The second-order valence-electron chi connectivity index (χ2n) is 5.16. The van der Waals surface area contributed by atoms with E-state index in [-0.39, 0.29) is 0 Å². The van der Waals surface area contributed by atoms with Crippen LogP contribution in [0.25, 0.3) is 5.65 Å². The van der Waals surface area contributed by atoms with E-state index in [1.54, 1.807) is 7.11 Å². The predicted octanol–water partition coefficient (Wildman–Crippen LogP) is 3.03. The zero-order chi connectivity index (χ0) is 12.0. The Balaban J connectivity index is 2.27. The molecule has 2 aromatic rings. The maximum absolute atomic E-state index is 5.38. The summed E-state index contributed by atoms with van der Waals surface area (Å²) in [7, 11) is 1.70. The molecule has 0 aliphatic heterocycles. The largest absolute Gasteiger partial charge is 0.493 e. The van der Waals surface area contributed by atoms with Gasteiger partial charge in [-0.25, -0.2) is 4.98 Å². The first-order valence-electron chi connectivity index (χ1n) is 6.24. The molecule has 0 aromatic carbocycles. The Hall–Kier alpha value is -1.51. The lowest BCUT2D eigenvalue weighted by Gasteiger charge is -2.23. The molecule has 3 heteroatoms. The molecule has 2 unspecified atom stereocenters. The minimum Gasteiger partial charge on any atom is -0.493 e. The monoisotopic (exact) mass is 230 g/mol. The first-order chi connectivity index (χ1) is 8.20. The highest BCUT2D eigenvalue weighted by molar-refractivity contribution is 5.56. The van der Waals surface area contributed by atoms with Crippen LogP contribution < -0.4 is 4.74 Å². The van der Waals surface area contributed by atoms with Crippen LogP contribution in [0.2, 0.25) is 0 Å². The molecule has 0 saturated carbocycles. The van der Waals surface area contributed by atoms with E-state index in [1.165, 1.54) is 17.8 Å². The summed E-state index contributed by atoms with van der Waals surface area (Å²) < 4.78 is 7.58. The van der Waals surface area contributed by atoms with Crippen LogP contribution in [0.1, 0.15) is 37.6 Å². The second kappa shape index (κ2) is 3.76. The van der Waals surface area contributed by atoms with Crippen molar-refractivity contribution in [3.63, 3.8) is 0 Å². The molecule has 1 aliphatic rings. The number of fused-ring (bicyclic) bond motifs is 3. The number of nitrogens with zero attached hydrogens (tertiary/aromatic N) is 2. The summed E-state index contributed by atoms with van der Waals surface area (Å²) in [6, 6.07) is 4.00. The molecule has 90 valence electrons. The highest BCUT2D eigenvalue weighted by Gasteiger charge is 2.26. The maximum Gasteiger partial charge on any atom is 0.180 e. The van der Waals surface area contributed by atoms with Gasteiger partial charge in [-0.2, -0.15) is 0 Å². The van der Waals surface area contributed by atoms with Crippen LogP contribution in [0, 0.1) is 5.92 Å². The minimum absolute atomic E-state index is 0.554. The van der Waals surface area contributed by atoms with Crippen molar-refractivity contribution >= 4 is 5.65 Å². The van der Waals surface area contributed by atoms with Gasteiger partial charge in [0.1, 0.15) is 0 Å². The smallest absolute Gasteiger partial charge is 0.180 e. The van der Waals surface area contributed by atoms with Crippen molar-refractivity contribution < 1.29 is 4.74 Å². The van der Waals surface area contributed by atoms with E-state index >= 15 is 0 Å². The van der Waals surface area contributed by atoms with Crippen molar-refractivity contribution in [1.82, 2.24) is 9.38 Å². The van der Waals surface area contributed by atoms with Crippen molar-refractivity contribution in [2.75, 3.05) is 7.11 Å². The summed E-state index contributed by atoms with van der Waals surface area (Å²) >= 11 is 0. The summed E-state index contributed by atoms with van der Waals surface area (Å²) in [5.41, 5.74) is 3.58. The average Bonchev–Trinajstić information content (AvgIpc) is 2.68. The van der Waals surface area contributed by atoms with Crippen LogP contribution in [-0.4, -0.2) is 16.5 Å². The summed E-state index contributed by atoms with van der Waals surface area (Å²) in [5.74, 6) is 2.16. The number of pyridine rings is 1. The van der Waals surface area contributed by atoms with Gasteiger partial charge in [0.05, 0.1) is 12.8 Å². The molecule has 0 radical (unpaired) electrons. The average molecular weight is 230 g/mol. The van der Waals surface area contributed by atoms with Crippen molar-refractivity contribution in [1.29, 1.82) is 0 Å². The fourth-order valence-corrected chi connectivity index (χ4v) is 2.99. The van der Waals surface area contributed by atoms with Crippen LogP contribution in [0.5, 0.6) is 5.75 Å². The van der Waals surface area contributed by atoms with Crippen LogP contribution in [-0.2, 0) is 6.42 Å². The number of aromatic nitrogens is 2. The Bertz CT molecular complexity index is 559. The van der Waals surface area contributed by atoms with Gasteiger partial charge in [-0.15, -0.1) is 0 Å². The Morgan fingerprint density at radius 1 is 1.41 bits per heavy atom. The molecule has 17 heavy (non-hydrogen) atoms. The molecule has 3 nitrogen and oxygen atoms in total. The molecule has 0 fully saturated rings. The van der Waals surface area contributed by atoms with Crippen LogP contribution in [0.3, 0.4) is 0 Å². The van der Waals surface area contributed by atoms with Crippen molar-refractivity contribution in [2.45, 2.75) is 32.6 Å². The number of methoxy groups -OCH3 is 1. The Morgan fingerprint density at radius 3 is 3.00 bits per heavy atom. The first-order valence-corrected chi connectivity index (χ1v) is 6.24. The van der Waals surface area contributed by atoms with Gasteiger partial charge in [-0.05, 0) is 30.9 Å². The number of hydrogen-bond acceptors (Lipinski definition) is 2. The Kier molecular flexibility index (Phi) is 2.35. The van der Waals surface area contributed by atoms with Crippen LogP contribution >= 0.6 is 0 Å². The van der Waals surface area contributed by atoms with Crippen molar-refractivity contribution in [3.05, 3.63) is 29.7 Å². The summed E-state index contributed by atoms with van der Waals surface area (Å²) in [6.07, 6.45) is 4.45. The molecule has 0 saturated heterocycles. The molecule has 0 bridgehead atoms. The lowest BCUT2D eigenvalue weighted by atomic mass is 9.84. The molecule has 2 heterocycles. The molecule has 0 N–H and O–H groups in total.